The molecule has 2 rings (SSSR count). The topological polar surface area (TPSA) is 48.3 Å². The van der Waals surface area contributed by atoms with Gasteiger partial charge in [-0.3, -0.25) is 4.68 Å². The summed E-state index contributed by atoms with van der Waals surface area (Å²) in [5.74, 6) is 0.448. The highest BCUT2D eigenvalue weighted by atomic mass is 16.5. The van der Waals surface area contributed by atoms with Crippen molar-refractivity contribution in [2.24, 2.45) is 7.05 Å². The maximum atomic E-state index is 5.61. The van der Waals surface area contributed by atoms with Gasteiger partial charge >= 0.3 is 0 Å². The van der Waals surface area contributed by atoms with Crippen LogP contribution >= 0.6 is 0 Å². The Morgan fingerprint density at radius 1 is 1.58 bits per heavy atom. The monoisotopic (exact) mass is 267 g/mol. The number of hydrogen-bond donors (Lipinski definition) is 1. The fourth-order valence-electron chi connectivity index (χ4n) is 2.56. The van der Waals surface area contributed by atoms with E-state index in [0.29, 0.717) is 12.5 Å². The second-order valence-corrected chi connectivity index (χ2v) is 5.66. The Kier molecular flexibility index (Phi) is 4.60. The molecule has 1 aromatic heterocycles. The van der Waals surface area contributed by atoms with E-state index in [0.717, 1.165) is 26.1 Å². The van der Waals surface area contributed by atoms with Gasteiger partial charge in [0.2, 0.25) is 0 Å². The molecule has 1 fully saturated rings. The van der Waals surface area contributed by atoms with Crippen LogP contribution in [0.5, 0.6) is 0 Å². The van der Waals surface area contributed by atoms with Gasteiger partial charge in [-0.15, -0.1) is 0 Å². The van der Waals surface area contributed by atoms with E-state index < -0.39 is 0 Å². The van der Waals surface area contributed by atoms with Crippen molar-refractivity contribution in [2.45, 2.75) is 38.3 Å². The first-order valence-corrected chi connectivity index (χ1v) is 6.92. The van der Waals surface area contributed by atoms with Crippen LogP contribution in [-0.4, -0.2) is 42.2 Å². The first-order chi connectivity index (χ1) is 9.06. The van der Waals surface area contributed by atoms with Crippen LogP contribution in [0.15, 0.2) is 6.20 Å². The normalized spacial score (nSPS) is 23.4. The van der Waals surface area contributed by atoms with Gasteiger partial charge in [0.15, 0.2) is 0 Å². The maximum Gasteiger partial charge on any atom is 0.106 e. The van der Waals surface area contributed by atoms with E-state index in [1.807, 2.05) is 11.7 Å². The van der Waals surface area contributed by atoms with Gasteiger partial charge in [0.25, 0.3) is 0 Å². The molecule has 1 aliphatic rings. The first kappa shape index (κ1) is 14.5. The maximum absolute atomic E-state index is 5.61. The van der Waals surface area contributed by atoms with Crippen molar-refractivity contribution < 1.29 is 9.47 Å². The number of ether oxygens (including phenoxy) is 2. The van der Waals surface area contributed by atoms with Crippen LogP contribution in [0.3, 0.4) is 0 Å². The van der Waals surface area contributed by atoms with Crippen LogP contribution in [0, 0.1) is 0 Å². The third kappa shape index (κ3) is 3.35. The summed E-state index contributed by atoms with van der Waals surface area (Å²) in [6.07, 6.45) is 3.05. The highest BCUT2D eigenvalue weighted by molar-refractivity contribution is 5.20. The van der Waals surface area contributed by atoms with E-state index in [4.69, 9.17) is 9.47 Å². The molecule has 1 atom stereocenters. The van der Waals surface area contributed by atoms with Crippen LogP contribution in [0.2, 0.25) is 0 Å². The van der Waals surface area contributed by atoms with Crippen molar-refractivity contribution in [3.8, 4) is 0 Å². The van der Waals surface area contributed by atoms with Gasteiger partial charge in [0.1, 0.15) is 5.60 Å². The standard InChI is InChI=1S/C14H25N3O2/c1-11(2)13-12(8-17(3)16-13)7-15-9-14(18-4)5-6-19-10-14/h8,11,15H,5-7,9-10H2,1-4H3. The molecule has 0 radical (unpaired) electrons. The van der Waals surface area contributed by atoms with Crippen molar-refractivity contribution in [2.75, 3.05) is 26.9 Å². The van der Waals surface area contributed by atoms with E-state index in [1.54, 1.807) is 7.11 Å². The molecule has 2 heterocycles. The minimum atomic E-state index is -0.153. The highest BCUT2D eigenvalue weighted by Gasteiger charge is 2.34. The van der Waals surface area contributed by atoms with E-state index >= 15 is 0 Å². The Morgan fingerprint density at radius 2 is 2.37 bits per heavy atom. The SMILES string of the molecule is COC1(CNCc2cn(C)nc2C(C)C)CCOC1. The lowest BCUT2D eigenvalue weighted by molar-refractivity contribution is -0.0159. The Labute approximate surface area is 115 Å². The summed E-state index contributed by atoms with van der Waals surface area (Å²) in [6, 6.07) is 0. The number of nitrogens with one attached hydrogen (secondary N) is 1. The van der Waals surface area contributed by atoms with Crippen LogP contribution < -0.4 is 5.32 Å². The molecule has 19 heavy (non-hydrogen) atoms. The molecule has 5 heteroatoms. The van der Waals surface area contributed by atoms with Gasteiger partial charge in [-0.2, -0.15) is 5.10 Å². The minimum Gasteiger partial charge on any atom is -0.378 e. The number of rotatable bonds is 6. The molecule has 1 unspecified atom stereocenters. The van der Waals surface area contributed by atoms with Crippen LogP contribution in [-0.2, 0) is 23.1 Å². The molecule has 0 aromatic carbocycles. The largest absolute Gasteiger partial charge is 0.378 e. The summed E-state index contributed by atoms with van der Waals surface area (Å²) in [5.41, 5.74) is 2.28. The molecular formula is C14H25N3O2. The summed E-state index contributed by atoms with van der Waals surface area (Å²) in [5, 5.41) is 8.00. The lowest BCUT2D eigenvalue weighted by Gasteiger charge is -2.26. The Balaban J connectivity index is 1.92. The first-order valence-electron chi connectivity index (χ1n) is 6.92. The fraction of sp³-hybridized carbons (Fsp3) is 0.786. The quantitative estimate of drug-likeness (QED) is 0.847. The zero-order valence-electron chi connectivity index (χ0n) is 12.4. The van der Waals surface area contributed by atoms with Crippen molar-refractivity contribution in [1.29, 1.82) is 0 Å². The Morgan fingerprint density at radius 3 is 2.95 bits per heavy atom. The number of aromatic nitrogens is 2. The highest BCUT2D eigenvalue weighted by Crippen LogP contribution is 2.22. The number of hydrogen-bond acceptors (Lipinski definition) is 4. The van der Waals surface area contributed by atoms with E-state index in [2.05, 4.69) is 30.5 Å². The lowest BCUT2D eigenvalue weighted by atomic mass is 10.0. The minimum absolute atomic E-state index is 0.153. The fourth-order valence-corrected chi connectivity index (χ4v) is 2.56. The molecule has 0 bridgehead atoms. The predicted octanol–water partition coefficient (Wildman–Crippen LogP) is 1.44. The van der Waals surface area contributed by atoms with E-state index in [9.17, 15) is 0 Å². The number of nitrogens with zero attached hydrogens (tertiary/aromatic N) is 2. The molecule has 108 valence electrons. The second kappa shape index (κ2) is 6.03. The van der Waals surface area contributed by atoms with Crippen LogP contribution in [0.25, 0.3) is 0 Å². The zero-order chi connectivity index (χ0) is 13.9. The molecule has 5 nitrogen and oxygen atoms in total. The van der Waals surface area contributed by atoms with Gasteiger partial charge in [0, 0.05) is 52.0 Å². The zero-order valence-corrected chi connectivity index (χ0v) is 12.4. The molecule has 0 amide bonds. The summed E-state index contributed by atoms with van der Waals surface area (Å²) >= 11 is 0. The van der Waals surface area contributed by atoms with E-state index in [1.165, 1.54) is 11.3 Å². The number of aryl methyl sites for hydroxylation is 1. The van der Waals surface area contributed by atoms with Gasteiger partial charge < -0.3 is 14.8 Å². The number of methoxy groups -OCH3 is 1. The van der Waals surface area contributed by atoms with Crippen molar-refractivity contribution in [3.63, 3.8) is 0 Å². The molecule has 0 saturated carbocycles. The lowest BCUT2D eigenvalue weighted by Crippen LogP contribution is -2.42. The third-order valence-corrected chi connectivity index (χ3v) is 3.75. The molecule has 1 aliphatic heterocycles. The molecule has 0 spiro atoms. The predicted molar refractivity (Wildman–Crippen MR) is 74.2 cm³/mol. The Bertz CT molecular complexity index is 409. The van der Waals surface area contributed by atoms with Crippen molar-refractivity contribution >= 4 is 0 Å². The van der Waals surface area contributed by atoms with Crippen molar-refractivity contribution in [1.82, 2.24) is 15.1 Å². The van der Waals surface area contributed by atoms with Gasteiger partial charge in [-0.1, -0.05) is 13.8 Å². The van der Waals surface area contributed by atoms with Gasteiger partial charge in [-0.05, 0) is 5.92 Å². The van der Waals surface area contributed by atoms with Crippen LogP contribution in [0.4, 0.5) is 0 Å². The Hall–Kier alpha value is -0.910. The second-order valence-electron chi connectivity index (χ2n) is 5.66. The molecule has 1 aromatic rings. The third-order valence-electron chi connectivity index (χ3n) is 3.75. The molecule has 1 N–H and O–H groups in total. The van der Waals surface area contributed by atoms with Gasteiger partial charge in [-0.25, -0.2) is 0 Å². The average molecular weight is 267 g/mol. The van der Waals surface area contributed by atoms with Crippen molar-refractivity contribution in [3.05, 3.63) is 17.5 Å². The average Bonchev–Trinajstić information content (AvgIpc) is 2.97. The summed E-state index contributed by atoms with van der Waals surface area (Å²) in [6.45, 7) is 7.46. The molecule has 1 saturated heterocycles. The summed E-state index contributed by atoms with van der Waals surface area (Å²) in [7, 11) is 3.73. The van der Waals surface area contributed by atoms with Crippen LogP contribution in [0.1, 0.15) is 37.4 Å². The summed E-state index contributed by atoms with van der Waals surface area (Å²) < 4.78 is 12.9. The van der Waals surface area contributed by atoms with E-state index in [-0.39, 0.29) is 5.60 Å². The molecular weight excluding hydrogens is 242 g/mol. The smallest absolute Gasteiger partial charge is 0.106 e. The summed E-state index contributed by atoms with van der Waals surface area (Å²) in [4.78, 5) is 0. The molecule has 0 aliphatic carbocycles. The van der Waals surface area contributed by atoms with Gasteiger partial charge in [0.05, 0.1) is 12.3 Å².